The van der Waals surface area contributed by atoms with Gasteiger partial charge in [-0.2, -0.15) is 10.1 Å². The Balaban J connectivity index is 1.71. The highest BCUT2D eigenvalue weighted by atomic mass is 32.2. The van der Waals surface area contributed by atoms with Crippen LogP contribution in [0, 0.1) is 0 Å². The summed E-state index contributed by atoms with van der Waals surface area (Å²) in [6.45, 7) is 0. The molecule has 7 heteroatoms. The van der Waals surface area contributed by atoms with Crippen molar-refractivity contribution in [3.8, 4) is 5.75 Å². The van der Waals surface area contributed by atoms with Gasteiger partial charge in [0, 0.05) is 16.9 Å². The van der Waals surface area contributed by atoms with Gasteiger partial charge in [0.05, 0.1) is 24.6 Å². The number of hydrazone groups is 1. The Labute approximate surface area is 148 Å². The van der Waals surface area contributed by atoms with Gasteiger partial charge < -0.3 is 4.74 Å². The SMILES string of the molecule is COc1cccc(C2=NN(C3=NC(=O)SC3)C(c3cccs3)C2)c1. The van der Waals surface area contributed by atoms with E-state index < -0.39 is 0 Å². The molecule has 2 aliphatic rings. The molecule has 0 bridgehead atoms. The van der Waals surface area contributed by atoms with E-state index >= 15 is 0 Å². The van der Waals surface area contributed by atoms with Crippen LogP contribution in [-0.2, 0) is 0 Å². The van der Waals surface area contributed by atoms with Gasteiger partial charge in [-0.1, -0.05) is 30.0 Å². The standard InChI is InChI=1S/C17H15N3O2S2/c1-22-12-5-2-4-11(8-12)13-9-14(15-6-3-7-23-15)20(19-13)16-10-24-17(21)18-16/h2-8,14H,9-10H2,1H3. The molecule has 24 heavy (non-hydrogen) atoms. The second kappa shape index (κ2) is 6.41. The van der Waals surface area contributed by atoms with Crippen molar-refractivity contribution in [3.63, 3.8) is 0 Å². The predicted molar refractivity (Wildman–Crippen MR) is 98.3 cm³/mol. The van der Waals surface area contributed by atoms with Crippen LogP contribution in [0.5, 0.6) is 5.75 Å². The van der Waals surface area contributed by atoms with Gasteiger partial charge in [0.25, 0.3) is 0 Å². The first-order valence-corrected chi connectivity index (χ1v) is 9.40. The van der Waals surface area contributed by atoms with E-state index in [2.05, 4.69) is 16.4 Å². The summed E-state index contributed by atoms with van der Waals surface area (Å²) in [4.78, 5) is 16.9. The molecule has 3 heterocycles. The molecule has 0 saturated carbocycles. The zero-order valence-electron chi connectivity index (χ0n) is 13.0. The highest BCUT2D eigenvalue weighted by Crippen LogP contribution is 2.37. The van der Waals surface area contributed by atoms with Gasteiger partial charge in [0.1, 0.15) is 11.6 Å². The van der Waals surface area contributed by atoms with Crippen LogP contribution in [-0.4, -0.2) is 34.7 Å². The number of hydrogen-bond acceptors (Lipinski definition) is 6. The molecule has 0 saturated heterocycles. The van der Waals surface area contributed by atoms with Crippen molar-refractivity contribution in [3.05, 3.63) is 52.2 Å². The topological polar surface area (TPSA) is 54.3 Å². The van der Waals surface area contributed by atoms with Crippen molar-refractivity contribution in [2.24, 2.45) is 10.1 Å². The number of carbonyl (C=O) groups excluding carboxylic acids is 1. The van der Waals surface area contributed by atoms with E-state index in [4.69, 9.17) is 9.84 Å². The largest absolute Gasteiger partial charge is 0.497 e. The average molecular weight is 357 g/mol. The number of ether oxygens (including phenoxy) is 1. The molecule has 2 aliphatic heterocycles. The Morgan fingerprint density at radius 3 is 2.92 bits per heavy atom. The Hall–Kier alpha value is -2.12. The van der Waals surface area contributed by atoms with E-state index in [-0.39, 0.29) is 11.3 Å². The zero-order chi connectivity index (χ0) is 16.5. The number of thioether (sulfide) groups is 1. The normalized spacial score (nSPS) is 20.3. The first-order chi connectivity index (χ1) is 11.7. The van der Waals surface area contributed by atoms with Crippen LogP contribution in [0.2, 0.25) is 0 Å². The van der Waals surface area contributed by atoms with E-state index in [1.807, 2.05) is 35.3 Å². The number of nitrogens with zero attached hydrogens (tertiary/aromatic N) is 3. The van der Waals surface area contributed by atoms with Gasteiger partial charge in [-0.25, -0.2) is 5.01 Å². The van der Waals surface area contributed by atoms with Crippen LogP contribution >= 0.6 is 23.1 Å². The molecule has 0 N–H and O–H groups in total. The number of carbonyl (C=O) groups is 1. The molecule has 2 aromatic rings. The van der Waals surface area contributed by atoms with E-state index in [9.17, 15) is 4.79 Å². The summed E-state index contributed by atoms with van der Waals surface area (Å²) in [5.41, 5.74) is 2.02. The van der Waals surface area contributed by atoms with Gasteiger partial charge in [0.2, 0.25) is 0 Å². The summed E-state index contributed by atoms with van der Waals surface area (Å²) in [6, 6.07) is 12.2. The maximum Gasteiger partial charge on any atom is 0.307 e. The third-order valence-corrected chi connectivity index (χ3v) is 5.71. The van der Waals surface area contributed by atoms with Crippen molar-refractivity contribution in [1.29, 1.82) is 0 Å². The third-order valence-electron chi connectivity index (χ3n) is 3.99. The van der Waals surface area contributed by atoms with Gasteiger partial charge in [-0.05, 0) is 23.6 Å². The molecule has 5 nitrogen and oxygen atoms in total. The lowest BCUT2D eigenvalue weighted by atomic mass is 10.0. The predicted octanol–water partition coefficient (Wildman–Crippen LogP) is 4.17. The molecule has 0 radical (unpaired) electrons. The number of methoxy groups -OCH3 is 1. The van der Waals surface area contributed by atoms with Gasteiger partial charge >= 0.3 is 5.24 Å². The maximum absolute atomic E-state index is 11.5. The maximum atomic E-state index is 11.5. The molecular weight excluding hydrogens is 342 g/mol. The Morgan fingerprint density at radius 2 is 2.21 bits per heavy atom. The fourth-order valence-electron chi connectivity index (χ4n) is 2.84. The monoisotopic (exact) mass is 357 g/mol. The number of hydrogen-bond donors (Lipinski definition) is 0. The number of amidine groups is 1. The van der Waals surface area contributed by atoms with Crippen LogP contribution in [0.3, 0.4) is 0 Å². The number of amides is 1. The second-order valence-corrected chi connectivity index (χ2v) is 7.35. The first kappa shape index (κ1) is 15.4. The number of benzene rings is 1. The second-order valence-electron chi connectivity index (χ2n) is 5.44. The minimum absolute atomic E-state index is 0.0939. The van der Waals surface area contributed by atoms with E-state index in [0.717, 1.165) is 29.3 Å². The number of aliphatic imine (C=N–C) groups is 1. The van der Waals surface area contributed by atoms with E-state index in [1.54, 1.807) is 18.4 Å². The molecule has 1 aromatic carbocycles. The van der Waals surface area contributed by atoms with Crippen LogP contribution in [0.1, 0.15) is 22.9 Å². The van der Waals surface area contributed by atoms with Crippen molar-refractivity contribution in [2.75, 3.05) is 12.9 Å². The van der Waals surface area contributed by atoms with Crippen molar-refractivity contribution in [2.45, 2.75) is 12.5 Å². The van der Waals surface area contributed by atoms with Crippen molar-refractivity contribution in [1.82, 2.24) is 5.01 Å². The lowest BCUT2D eigenvalue weighted by molar-refractivity contribution is 0.267. The van der Waals surface area contributed by atoms with E-state index in [0.29, 0.717) is 5.75 Å². The van der Waals surface area contributed by atoms with Gasteiger partial charge in [-0.15, -0.1) is 11.3 Å². The molecule has 0 aliphatic carbocycles. The smallest absolute Gasteiger partial charge is 0.307 e. The highest BCUT2D eigenvalue weighted by Gasteiger charge is 2.34. The fraction of sp³-hybridized carbons (Fsp3) is 0.235. The summed E-state index contributed by atoms with van der Waals surface area (Å²) < 4.78 is 5.32. The number of thiophene rings is 1. The molecule has 1 unspecified atom stereocenters. The fourth-order valence-corrected chi connectivity index (χ4v) is 4.27. The summed E-state index contributed by atoms with van der Waals surface area (Å²) in [5.74, 6) is 2.13. The van der Waals surface area contributed by atoms with Crippen LogP contribution in [0.15, 0.2) is 51.9 Å². The quantitative estimate of drug-likeness (QED) is 0.827. The lowest BCUT2D eigenvalue weighted by Gasteiger charge is -2.21. The summed E-state index contributed by atoms with van der Waals surface area (Å²) in [7, 11) is 1.66. The van der Waals surface area contributed by atoms with Gasteiger partial charge in [0.15, 0.2) is 0 Å². The molecule has 1 atom stereocenters. The van der Waals surface area contributed by atoms with Crippen LogP contribution in [0.4, 0.5) is 4.79 Å². The molecule has 4 rings (SSSR count). The molecule has 122 valence electrons. The zero-order valence-corrected chi connectivity index (χ0v) is 14.6. The molecule has 1 aromatic heterocycles. The minimum atomic E-state index is -0.139. The number of rotatable bonds is 3. The van der Waals surface area contributed by atoms with E-state index in [1.165, 1.54) is 16.6 Å². The third kappa shape index (κ3) is 2.85. The average Bonchev–Trinajstić information content (AvgIpc) is 3.34. The molecule has 1 amide bonds. The Bertz CT molecular complexity index is 830. The Kier molecular flexibility index (Phi) is 4.12. The molecule has 0 fully saturated rings. The van der Waals surface area contributed by atoms with Gasteiger partial charge in [-0.3, -0.25) is 4.79 Å². The van der Waals surface area contributed by atoms with Crippen LogP contribution in [0.25, 0.3) is 0 Å². The minimum Gasteiger partial charge on any atom is -0.497 e. The summed E-state index contributed by atoms with van der Waals surface area (Å²) in [5, 5.41) is 8.63. The van der Waals surface area contributed by atoms with Crippen LogP contribution < -0.4 is 4.74 Å². The first-order valence-electron chi connectivity index (χ1n) is 7.53. The lowest BCUT2D eigenvalue weighted by Crippen LogP contribution is -2.26. The van der Waals surface area contributed by atoms with Crippen molar-refractivity contribution < 1.29 is 9.53 Å². The highest BCUT2D eigenvalue weighted by molar-refractivity contribution is 8.14. The molecule has 0 spiro atoms. The van der Waals surface area contributed by atoms with Crippen molar-refractivity contribution >= 4 is 39.9 Å². The molecular formula is C17H15N3O2S2. The summed E-state index contributed by atoms with van der Waals surface area (Å²) >= 11 is 2.93. The Morgan fingerprint density at radius 1 is 1.29 bits per heavy atom. The summed E-state index contributed by atoms with van der Waals surface area (Å²) in [6.07, 6.45) is 0.783.